The van der Waals surface area contributed by atoms with Gasteiger partial charge >= 0.3 is 0 Å². The molecule has 1 fully saturated rings. The van der Waals surface area contributed by atoms with Crippen molar-refractivity contribution in [1.29, 1.82) is 0 Å². The third kappa shape index (κ3) is 3.70. The van der Waals surface area contributed by atoms with Crippen molar-refractivity contribution >= 4 is 37.4 Å². The summed E-state index contributed by atoms with van der Waals surface area (Å²) in [5.74, 6) is -0.0590. The zero-order valence-corrected chi connectivity index (χ0v) is 12.6. The van der Waals surface area contributed by atoms with E-state index in [9.17, 15) is 13.2 Å². The molecule has 3 N–H and O–H groups in total. The molecule has 0 aliphatic carbocycles. The highest BCUT2D eigenvalue weighted by Crippen LogP contribution is 2.20. The fraction of sp³-hybridized carbons (Fsp3) is 0.417. The maximum atomic E-state index is 12.0. The first-order valence-corrected chi connectivity index (χ1v) is 8.55. The van der Waals surface area contributed by atoms with Gasteiger partial charge in [-0.2, -0.15) is 0 Å². The molecule has 2 rings (SSSR count). The summed E-state index contributed by atoms with van der Waals surface area (Å²) in [6.45, 7) is 0. The van der Waals surface area contributed by atoms with Gasteiger partial charge in [-0.15, -0.1) is 0 Å². The van der Waals surface area contributed by atoms with Gasteiger partial charge in [-0.3, -0.25) is 4.79 Å². The lowest BCUT2D eigenvalue weighted by Gasteiger charge is -2.23. The highest BCUT2D eigenvalue weighted by atomic mass is 79.9. The van der Waals surface area contributed by atoms with Crippen molar-refractivity contribution in [2.24, 2.45) is 0 Å². The van der Waals surface area contributed by atoms with E-state index in [4.69, 9.17) is 5.73 Å². The molecule has 1 aromatic carbocycles. The highest BCUT2D eigenvalue weighted by molar-refractivity contribution is 9.10. The van der Waals surface area contributed by atoms with Gasteiger partial charge in [0.25, 0.3) is 5.91 Å². The Labute approximate surface area is 120 Å². The molecule has 1 atom stereocenters. The lowest BCUT2D eigenvalue weighted by Crippen LogP contribution is -2.43. The Balaban J connectivity index is 2.06. The minimum atomic E-state index is -3.02. The number of anilines is 1. The van der Waals surface area contributed by atoms with Gasteiger partial charge in [0.1, 0.15) is 0 Å². The standard InChI is InChI=1S/C12H15BrN2O3S/c13-10-4-3-8(6-11(10)14)12(16)15-9-2-1-5-19(17,18)7-9/h3-4,6,9H,1-2,5,7,14H2,(H,15,16). The molecule has 7 heteroatoms. The van der Waals surface area contributed by atoms with Crippen LogP contribution in [0.5, 0.6) is 0 Å². The quantitative estimate of drug-likeness (QED) is 0.790. The van der Waals surface area contributed by atoms with Crippen LogP contribution in [0.25, 0.3) is 0 Å². The van der Waals surface area contributed by atoms with Gasteiger partial charge in [0.15, 0.2) is 9.84 Å². The van der Waals surface area contributed by atoms with Crippen LogP contribution in [0.2, 0.25) is 0 Å². The molecule has 1 heterocycles. The van der Waals surface area contributed by atoms with E-state index in [2.05, 4.69) is 21.2 Å². The van der Waals surface area contributed by atoms with E-state index in [0.29, 0.717) is 24.1 Å². The molecule has 0 spiro atoms. The molecule has 1 unspecified atom stereocenters. The molecule has 1 aliphatic heterocycles. The molecule has 0 radical (unpaired) electrons. The summed E-state index contributed by atoms with van der Waals surface area (Å²) in [5.41, 5.74) is 6.62. The number of halogens is 1. The van der Waals surface area contributed by atoms with Crippen LogP contribution in [-0.4, -0.2) is 31.9 Å². The second-order valence-electron chi connectivity index (χ2n) is 4.66. The van der Waals surface area contributed by atoms with Crippen LogP contribution in [0.15, 0.2) is 22.7 Å². The Morgan fingerprint density at radius 2 is 2.16 bits per heavy atom. The van der Waals surface area contributed by atoms with E-state index < -0.39 is 9.84 Å². The maximum absolute atomic E-state index is 12.0. The van der Waals surface area contributed by atoms with Crippen LogP contribution in [-0.2, 0) is 9.84 Å². The molecule has 0 bridgehead atoms. The van der Waals surface area contributed by atoms with Gasteiger partial charge in [-0.05, 0) is 47.0 Å². The summed E-state index contributed by atoms with van der Waals surface area (Å²) < 4.78 is 23.7. The van der Waals surface area contributed by atoms with Crippen molar-refractivity contribution in [2.45, 2.75) is 18.9 Å². The minimum absolute atomic E-state index is 0.0186. The molecule has 19 heavy (non-hydrogen) atoms. The van der Waals surface area contributed by atoms with Crippen LogP contribution in [0, 0.1) is 0 Å². The van der Waals surface area contributed by atoms with E-state index in [-0.39, 0.29) is 23.5 Å². The molecular weight excluding hydrogens is 332 g/mol. The van der Waals surface area contributed by atoms with Gasteiger partial charge in [0.05, 0.1) is 11.5 Å². The summed E-state index contributed by atoms with van der Waals surface area (Å²) >= 11 is 3.26. The number of sulfone groups is 1. The number of benzene rings is 1. The van der Waals surface area contributed by atoms with Gasteiger partial charge in [-0.1, -0.05) is 0 Å². The predicted molar refractivity (Wildman–Crippen MR) is 77.7 cm³/mol. The largest absolute Gasteiger partial charge is 0.398 e. The molecule has 1 aliphatic rings. The topological polar surface area (TPSA) is 89.3 Å². The van der Waals surface area contributed by atoms with E-state index >= 15 is 0 Å². The second kappa shape index (κ2) is 5.50. The van der Waals surface area contributed by atoms with Gasteiger partial charge in [0, 0.05) is 21.8 Å². The lowest BCUT2D eigenvalue weighted by atomic mass is 10.1. The zero-order chi connectivity index (χ0) is 14.0. The number of rotatable bonds is 2. The first kappa shape index (κ1) is 14.3. The summed E-state index contributed by atoms with van der Waals surface area (Å²) in [6, 6.07) is 4.60. The highest BCUT2D eigenvalue weighted by Gasteiger charge is 2.26. The molecule has 0 aromatic heterocycles. The molecule has 1 saturated heterocycles. The number of nitrogens with two attached hydrogens (primary N) is 1. The molecule has 104 valence electrons. The van der Waals surface area contributed by atoms with Crippen molar-refractivity contribution in [1.82, 2.24) is 5.32 Å². The Bertz CT molecular complexity index is 601. The third-order valence-electron chi connectivity index (χ3n) is 3.06. The van der Waals surface area contributed by atoms with Crippen molar-refractivity contribution in [2.75, 3.05) is 17.2 Å². The summed E-state index contributed by atoms with van der Waals surface area (Å²) in [6.07, 6.45) is 1.28. The average molecular weight is 347 g/mol. The lowest BCUT2D eigenvalue weighted by molar-refractivity contribution is 0.0938. The second-order valence-corrected chi connectivity index (χ2v) is 7.75. The van der Waals surface area contributed by atoms with E-state index in [1.54, 1.807) is 18.2 Å². The van der Waals surface area contributed by atoms with Crippen molar-refractivity contribution in [3.05, 3.63) is 28.2 Å². The Morgan fingerprint density at radius 3 is 2.79 bits per heavy atom. The predicted octanol–water partition coefficient (Wildman–Crippen LogP) is 1.34. The van der Waals surface area contributed by atoms with Gasteiger partial charge in [-0.25, -0.2) is 8.42 Å². The molecule has 0 saturated carbocycles. The molecule has 1 aromatic rings. The number of nitrogen functional groups attached to an aromatic ring is 1. The maximum Gasteiger partial charge on any atom is 0.251 e. The van der Waals surface area contributed by atoms with Crippen LogP contribution >= 0.6 is 15.9 Å². The smallest absolute Gasteiger partial charge is 0.251 e. The Hall–Kier alpha value is -1.08. The van der Waals surface area contributed by atoms with Crippen LogP contribution in [0.1, 0.15) is 23.2 Å². The Kier molecular flexibility index (Phi) is 4.15. The fourth-order valence-corrected chi connectivity index (χ4v) is 3.97. The van der Waals surface area contributed by atoms with Gasteiger partial charge < -0.3 is 11.1 Å². The normalized spacial score (nSPS) is 21.8. The number of nitrogens with one attached hydrogen (secondary N) is 1. The number of hydrogen-bond acceptors (Lipinski definition) is 4. The molecular formula is C12H15BrN2O3S. The first-order chi connectivity index (χ1) is 8.87. The van der Waals surface area contributed by atoms with E-state index in [0.717, 1.165) is 4.47 Å². The number of hydrogen-bond donors (Lipinski definition) is 2. The fourth-order valence-electron chi connectivity index (χ4n) is 2.09. The average Bonchev–Trinajstić information content (AvgIpc) is 2.31. The van der Waals surface area contributed by atoms with Gasteiger partial charge in [0.2, 0.25) is 0 Å². The number of carbonyl (C=O) groups is 1. The minimum Gasteiger partial charge on any atom is -0.398 e. The van der Waals surface area contributed by atoms with E-state index in [1.807, 2.05) is 0 Å². The van der Waals surface area contributed by atoms with Crippen LogP contribution in [0.4, 0.5) is 5.69 Å². The zero-order valence-electron chi connectivity index (χ0n) is 10.2. The Morgan fingerprint density at radius 1 is 1.42 bits per heavy atom. The number of carbonyl (C=O) groups excluding carboxylic acids is 1. The van der Waals surface area contributed by atoms with Crippen LogP contribution in [0.3, 0.4) is 0 Å². The monoisotopic (exact) mass is 346 g/mol. The molecule has 1 amide bonds. The van der Waals surface area contributed by atoms with E-state index in [1.165, 1.54) is 0 Å². The third-order valence-corrected chi connectivity index (χ3v) is 5.60. The van der Waals surface area contributed by atoms with Crippen LogP contribution < -0.4 is 11.1 Å². The first-order valence-electron chi connectivity index (χ1n) is 5.94. The number of amides is 1. The summed E-state index contributed by atoms with van der Waals surface area (Å²) in [7, 11) is -3.02. The summed E-state index contributed by atoms with van der Waals surface area (Å²) in [5, 5.41) is 2.75. The van der Waals surface area contributed by atoms with Crippen molar-refractivity contribution in [3.8, 4) is 0 Å². The SMILES string of the molecule is Nc1cc(C(=O)NC2CCCS(=O)(=O)C2)ccc1Br. The van der Waals surface area contributed by atoms with Crippen molar-refractivity contribution in [3.63, 3.8) is 0 Å². The summed E-state index contributed by atoms with van der Waals surface area (Å²) in [4.78, 5) is 12.0. The van der Waals surface area contributed by atoms with Crippen molar-refractivity contribution < 1.29 is 13.2 Å². The molecule has 5 nitrogen and oxygen atoms in total.